The molecule has 3 rings (SSSR count). The highest BCUT2D eigenvalue weighted by Crippen LogP contribution is 2.40. The van der Waals surface area contributed by atoms with E-state index in [9.17, 15) is 14.7 Å². The Kier molecular flexibility index (Phi) is 5.31. The van der Waals surface area contributed by atoms with E-state index >= 15 is 0 Å². The second-order valence-corrected chi connectivity index (χ2v) is 6.37. The fourth-order valence-electron chi connectivity index (χ4n) is 3.43. The summed E-state index contributed by atoms with van der Waals surface area (Å²) in [4.78, 5) is 24.2. The van der Waals surface area contributed by atoms with Crippen LogP contribution < -0.4 is 19.5 Å². The number of carbonyl (C=O) groups excluding carboxylic acids is 1. The highest BCUT2D eigenvalue weighted by atomic mass is 16.6. The van der Waals surface area contributed by atoms with Crippen LogP contribution in [0.4, 0.5) is 0 Å². The Hall–Kier alpha value is -2.44. The van der Waals surface area contributed by atoms with Crippen LogP contribution in [0.2, 0.25) is 0 Å². The summed E-state index contributed by atoms with van der Waals surface area (Å²) >= 11 is 0. The van der Waals surface area contributed by atoms with Crippen molar-refractivity contribution in [3.05, 3.63) is 17.7 Å². The molecule has 2 N–H and O–H groups in total. The van der Waals surface area contributed by atoms with Crippen LogP contribution in [-0.4, -0.2) is 43.3 Å². The van der Waals surface area contributed by atoms with E-state index < -0.39 is 11.9 Å². The zero-order valence-corrected chi connectivity index (χ0v) is 14.2. The molecule has 2 aliphatic rings. The van der Waals surface area contributed by atoms with Crippen molar-refractivity contribution in [2.75, 3.05) is 20.3 Å². The van der Waals surface area contributed by atoms with Gasteiger partial charge in [-0.25, -0.2) is 0 Å². The number of methoxy groups -OCH3 is 1. The quantitative estimate of drug-likeness (QED) is 0.810. The Morgan fingerprint density at radius 3 is 2.68 bits per heavy atom. The minimum Gasteiger partial charge on any atom is -0.493 e. The number of rotatable bonds is 4. The maximum atomic E-state index is 12.7. The number of nitrogens with one attached hydrogen (secondary N) is 1. The lowest BCUT2D eigenvalue weighted by Gasteiger charge is -2.24. The third kappa shape index (κ3) is 3.81. The number of ether oxygens (including phenoxy) is 3. The first kappa shape index (κ1) is 17.4. The average Bonchev–Trinajstić information content (AvgIpc) is 2.86. The number of benzene rings is 1. The molecule has 7 nitrogen and oxygen atoms in total. The van der Waals surface area contributed by atoms with Gasteiger partial charge in [0.2, 0.25) is 5.75 Å². The number of hydrogen-bond acceptors (Lipinski definition) is 5. The first-order valence-corrected chi connectivity index (χ1v) is 8.61. The number of hydrogen-bond donors (Lipinski definition) is 2. The molecule has 0 saturated heterocycles. The van der Waals surface area contributed by atoms with Crippen LogP contribution in [0.5, 0.6) is 17.2 Å². The minimum atomic E-state index is -0.855. The van der Waals surface area contributed by atoms with E-state index in [4.69, 9.17) is 14.2 Å². The smallest absolute Gasteiger partial charge is 0.308 e. The molecule has 1 aliphatic carbocycles. The minimum absolute atomic E-state index is 0.326. The lowest BCUT2D eigenvalue weighted by Crippen LogP contribution is -2.42. The van der Waals surface area contributed by atoms with Crippen LogP contribution in [0.1, 0.15) is 42.5 Å². The van der Waals surface area contributed by atoms with Gasteiger partial charge < -0.3 is 24.6 Å². The van der Waals surface area contributed by atoms with Crippen molar-refractivity contribution in [2.45, 2.75) is 38.1 Å². The third-order valence-electron chi connectivity index (χ3n) is 4.74. The standard InChI is InChI=1S/C18H23NO6/c1-23-14-9-11(10-15-16(14)25-8-7-24-15)17(20)19-13-6-4-2-3-5-12(13)18(21)22/h9-10,12-13H,2-8H2,1H3,(H,19,20)(H,21,22)/t12-,13+/m1/s1. The van der Waals surface area contributed by atoms with E-state index in [1.54, 1.807) is 12.1 Å². The van der Waals surface area contributed by atoms with Crippen LogP contribution >= 0.6 is 0 Å². The van der Waals surface area contributed by atoms with Gasteiger partial charge >= 0.3 is 5.97 Å². The number of fused-ring (bicyclic) bond motifs is 1. The Labute approximate surface area is 146 Å². The predicted molar refractivity (Wildman–Crippen MR) is 89.4 cm³/mol. The van der Waals surface area contributed by atoms with Gasteiger partial charge in [-0.05, 0) is 25.0 Å². The second kappa shape index (κ2) is 7.63. The lowest BCUT2D eigenvalue weighted by molar-refractivity contribution is -0.142. The molecule has 1 aromatic carbocycles. The molecule has 0 radical (unpaired) electrons. The van der Waals surface area contributed by atoms with Gasteiger partial charge in [-0.2, -0.15) is 0 Å². The molecule has 1 heterocycles. The molecule has 0 unspecified atom stereocenters. The maximum Gasteiger partial charge on any atom is 0.308 e. The topological polar surface area (TPSA) is 94.1 Å². The summed E-state index contributed by atoms with van der Waals surface area (Å²) in [6.07, 6.45) is 4.05. The number of carboxylic acids is 1. The third-order valence-corrected chi connectivity index (χ3v) is 4.74. The molecular weight excluding hydrogens is 326 g/mol. The highest BCUT2D eigenvalue weighted by Gasteiger charge is 2.31. The fraction of sp³-hybridized carbons (Fsp3) is 0.556. The average molecular weight is 349 g/mol. The Balaban J connectivity index is 1.81. The van der Waals surface area contributed by atoms with Crippen LogP contribution in [0, 0.1) is 5.92 Å². The van der Waals surface area contributed by atoms with Gasteiger partial charge in [0.1, 0.15) is 13.2 Å². The molecule has 0 bridgehead atoms. The first-order valence-electron chi connectivity index (χ1n) is 8.61. The summed E-state index contributed by atoms with van der Waals surface area (Å²) in [6, 6.07) is 2.83. The number of amides is 1. The van der Waals surface area contributed by atoms with E-state index in [1.165, 1.54) is 7.11 Å². The van der Waals surface area contributed by atoms with Gasteiger partial charge in [-0.1, -0.05) is 19.3 Å². The van der Waals surface area contributed by atoms with Gasteiger partial charge in [0.25, 0.3) is 5.91 Å². The SMILES string of the molecule is COc1cc(C(=O)N[C@H]2CCCCC[C@H]2C(=O)O)cc2c1OCCO2. The van der Waals surface area contributed by atoms with E-state index in [0.29, 0.717) is 48.9 Å². The van der Waals surface area contributed by atoms with Gasteiger partial charge in [0.05, 0.1) is 13.0 Å². The number of carboxylic acid groups (broad SMARTS) is 1. The van der Waals surface area contributed by atoms with E-state index in [1.807, 2.05) is 0 Å². The van der Waals surface area contributed by atoms with Gasteiger partial charge in [0, 0.05) is 11.6 Å². The summed E-state index contributed by atoms with van der Waals surface area (Å²) in [5.41, 5.74) is 0.370. The summed E-state index contributed by atoms with van der Waals surface area (Å²) < 4.78 is 16.4. The maximum absolute atomic E-state index is 12.7. The zero-order chi connectivity index (χ0) is 17.8. The summed E-state index contributed by atoms with van der Waals surface area (Å²) in [7, 11) is 1.50. The Morgan fingerprint density at radius 2 is 1.92 bits per heavy atom. The molecule has 1 aliphatic heterocycles. The van der Waals surface area contributed by atoms with E-state index in [0.717, 1.165) is 19.3 Å². The number of carbonyl (C=O) groups is 2. The van der Waals surface area contributed by atoms with Crippen molar-refractivity contribution < 1.29 is 28.9 Å². The normalized spacial score (nSPS) is 22.6. The molecular formula is C18H23NO6. The van der Waals surface area contributed by atoms with Crippen LogP contribution in [0.25, 0.3) is 0 Å². The molecule has 1 aromatic rings. The first-order chi connectivity index (χ1) is 12.1. The Bertz CT molecular complexity index is 642. The van der Waals surface area contributed by atoms with Crippen molar-refractivity contribution >= 4 is 11.9 Å². The number of aliphatic carboxylic acids is 1. The summed E-state index contributed by atoms with van der Waals surface area (Å²) in [5.74, 6) is -0.349. The van der Waals surface area contributed by atoms with Crippen LogP contribution in [0.3, 0.4) is 0 Å². The molecule has 1 fully saturated rings. The monoisotopic (exact) mass is 349 g/mol. The van der Waals surface area contributed by atoms with Crippen molar-refractivity contribution in [1.29, 1.82) is 0 Å². The second-order valence-electron chi connectivity index (χ2n) is 6.37. The zero-order valence-electron chi connectivity index (χ0n) is 14.2. The predicted octanol–water partition coefficient (Wildman–Crippen LogP) is 2.23. The van der Waals surface area contributed by atoms with Crippen molar-refractivity contribution in [3.8, 4) is 17.2 Å². The van der Waals surface area contributed by atoms with E-state index in [-0.39, 0.29) is 11.9 Å². The summed E-state index contributed by atoms with van der Waals surface area (Å²) in [5, 5.41) is 12.3. The molecule has 136 valence electrons. The van der Waals surface area contributed by atoms with E-state index in [2.05, 4.69) is 5.32 Å². The van der Waals surface area contributed by atoms with Crippen LogP contribution in [-0.2, 0) is 4.79 Å². The molecule has 0 spiro atoms. The molecule has 1 saturated carbocycles. The lowest BCUT2D eigenvalue weighted by atomic mass is 9.94. The molecule has 2 atom stereocenters. The highest BCUT2D eigenvalue weighted by molar-refractivity contribution is 5.96. The largest absolute Gasteiger partial charge is 0.493 e. The van der Waals surface area contributed by atoms with Gasteiger partial charge in [-0.15, -0.1) is 0 Å². The van der Waals surface area contributed by atoms with Gasteiger partial charge in [0.15, 0.2) is 11.5 Å². The van der Waals surface area contributed by atoms with Gasteiger partial charge in [-0.3, -0.25) is 9.59 Å². The molecule has 0 aromatic heterocycles. The van der Waals surface area contributed by atoms with Crippen molar-refractivity contribution in [3.63, 3.8) is 0 Å². The van der Waals surface area contributed by atoms with Crippen LogP contribution in [0.15, 0.2) is 12.1 Å². The summed E-state index contributed by atoms with van der Waals surface area (Å²) in [6.45, 7) is 0.836. The molecule has 1 amide bonds. The molecule has 25 heavy (non-hydrogen) atoms. The fourth-order valence-corrected chi connectivity index (χ4v) is 3.43. The molecule has 7 heteroatoms. The Morgan fingerprint density at radius 1 is 1.16 bits per heavy atom. The van der Waals surface area contributed by atoms with Crippen molar-refractivity contribution in [2.24, 2.45) is 5.92 Å². The van der Waals surface area contributed by atoms with Crippen molar-refractivity contribution in [1.82, 2.24) is 5.32 Å².